The quantitative estimate of drug-likeness (QED) is 0.214. The van der Waals surface area contributed by atoms with E-state index in [4.69, 9.17) is 9.47 Å². The van der Waals surface area contributed by atoms with Gasteiger partial charge < -0.3 is 19.5 Å². The summed E-state index contributed by atoms with van der Waals surface area (Å²) in [6, 6.07) is 29.2. The highest BCUT2D eigenvalue weighted by Gasteiger charge is 2.40. The third kappa shape index (κ3) is 6.93. The van der Waals surface area contributed by atoms with E-state index >= 15 is 0 Å². The van der Waals surface area contributed by atoms with Crippen LogP contribution in [0.25, 0.3) is 0 Å². The largest absolute Gasteiger partial charge is 0.497 e. The number of alkyl halides is 3. The van der Waals surface area contributed by atoms with Crippen LogP contribution in [0.3, 0.4) is 0 Å². The monoisotopic (exact) mass is 658 g/mol. The van der Waals surface area contributed by atoms with Gasteiger partial charge in [-0.2, -0.15) is 13.2 Å². The first kappa shape index (κ1) is 33.6. The molecule has 4 aromatic rings. The predicted molar refractivity (Wildman–Crippen MR) is 178 cm³/mol. The Balaban J connectivity index is 1.17. The van der Waals surface area contributed by atoms with Crippen molar-refractivity contribution in [2.24, 2.45) is 0 Å². The third-order valence-electron chi connectivity index (χ3n) is 10.0. The molecule has 2 aliphatic heterocycles. The molecule has 2 fully saturated rings. The number of ether oxygens (including phenoxy) is 2. The van der Waals surface area contributed by atoms with Gasteiger partial charge in [0.25, 0.3) is 5.91 Å². The van der Waals surface area contributed by atoms with E-state index in [1.54, 1.807) is 25.2 Å². The van der Waals surface area contributed by atoms with Gasteiger partial charge in [0.1, 0.15) is 11.5 Å². The summed E-state index contributed by atoms with van der Waals surface area (Å²) in [4.78, 5) is 17.7. The van der Waals surface area contributed by atoms with Gasteiger partial charge >= 0.3 is 6.18 Å². The number of benzene rings is 4. The Labute approximate surface area is 279 Å². The Hall–Kier alpha value is -4.34. The molecule has 0 unspecified atom stereocenters. The van der Waals surface area contributed by atoms with Gasteiger partial charge in [0.15, 0.2) is 0 Å². The smallest absolute Gasteiger partial charge is 0.416 e. The second kappa shape index (κ2) is 13.6. The first-order chi connectivity index (χ1) is 23.0. The maximum Gasteiger partial charge on any atom is 0.416 e. The Morgan fingerprint density at radius 2 is 1.38 bits per heavy atom. The first-order valence-electron chi connectivity index (χ1n) is 16.3. The summed E-state index contributed by atoms with van der Waals surface area (Å²) in [7, 11) is 3.34. The van der Waals surface area contributed by atoms with E-state index in [0.717, 1.165) is 55.1 Å². The number of nitrogens with zero attached hydrogens (tertiary/aromatic N) is 2. The molecule has 0 saturated carbocycles. The molecule has 9 heteroatoms. The molecule has 2 heterocycles. The van der Waals surface area contributed by atoms with Gasteiger partial charge in [0, 0.05) is 37.2 Å². The van der Waals surface area contributed by atoms with Gasteiger partial charge in [0.05, 0.1) is 25.4 Å². The van der Waals surface area contributed by atoms with E-state index in [1.165, 1.54) is 23.3 Å². The molecule has 0 atom stereocenters. The minimum atomic E-state index is -4.49. The number of rotatable bonds is 8. The summed E-state index contributed by atoms with van der Waals surface area (Å²) in [5.41, 5.74) is 1.80. The van der Waals surface area contributed by atoms with Gasteiger partial charge in [-0.05, 0) is 103 Å². The summed E-state index contributed by atoms with van der Waals surface area (Å²) >= 11 is 0. The number of hydrogen-bond donors (Lipinski definition) is 1. The fourth-order valence-corrected chi connectivity index (χ4v) is 7.33. The van der Waals surface area contributed by atoms with Crippen molar-refractivity contribution in [1.82, 2.24) is 9.80 Å². The summed E-state index contributed by atoms with van der Waals surface area (Å²) in [5.74, 6) is 1.48. The lowest BCUT2D eigenvalue weighted by atomic mass is 9.69. The van der Waals surface area contributed by atoms with Crippen LogP contribution in [0.1, 0.15) is 63.9 Å². The molecular formula is C39H41F3N2O4. The zero-order valence-electron chi connectivity index (χ0n) is 27.3. The average molecular weight is 659 g/mol. The van der Waals surface area contributed by atoms with Crippen LogP contribution in [0, 0.1) is 0 Å². The number of amides is 1. The van der Waals surface area contributed by atoms with Crippen LogP contribution in [-0.2, 0) is 23.7 Å². The summed E-state index contributed by atoms with van der Waals surface area (Å²) in [6.45, 7) is 2.88. The van der Waals surface area contributed by atoms with Crippen molar-refractivity contribution >= 4 is 5.91 Å². The molecule has 0 bridgehead atoms. The molecule has 1 N–H and O–H groups in total. The molecule has 48 heavy (non-hydrogen) atoms. The molecule has 2 saturated heterocycles. The first-order valence-corrected chi connectivity index (χ1v) is 16.3. The molecule has 0 radical (unpaired) electrons. The Morgan fingerprint density at radius 1 is 0.771 bits per heavy atom. The highest BCUT2D eigenvalue weighted by atomic mass is 19.4. The molecule has 2 aliphatic rings. The molecule has 6 rings (SSSR count). The van der Waals surface area contributed by atoms with Crippen molar-refractivity contribution in [3.8, 4) is 11.5 Å². The van der Waals surface area contributed by atoms with Crippen molar-refractivity contribution in [2.45, 2.75) is 49.4 Å². The van der Waals surface area contributed by atoms with E-state index in [0.29, 0.717) is 12.1 Å². The lowest BCUT2D eigenvalue weighted by molar-refractivity contribution is -0.137. The fourth-order valence-electron chi connectivity index (χ4n) is 7.33. The summed E-state index contributed by atoms with van der Waals surface area (Å²) in [5, 5.41) is 11.3. The highest BCUT2D eigenvalue weighted by Crippen LogP contribution is 2.42. The highest BCUT2D eigenvalue weighted by molar-refractivity contribution is 5.94. The van der Waals surface area contributed by atoms with Crippen LogP contribution in [-0.4, -0.2) is 61.2 Å². The van der Waals surface area contributed by atoms with Crippen LogP contribution in [0.2, 0.25) is 0 Å². The SMILES string of the molecule is COc1ccc(C2(c3ccc(OC)cc3)CCCN(Cc3cccc(C(=O)N4CCC(O)(c5cccc(C(F)(F)F)c5)CC4)c3)C2)cc1. The second-order valence-corrected chi connectivity index (χ2v) is 13.0. The van der Waals surface area contributed by atoms with Crippen LogP contribution in [0.15, 0.2) is 97.1 Å². The van der Waals surface area contributed by atoms with Crippen molar-refractivity contribution in [3.05, 3.63) is 130 Å². The molecular weight excluding hydrogens is 617 g/mol. The van der Waals surface area contributed by atoms with Crippen LogP contribution < -0.4 is 9.47 Å². The Kier molecular flexibility index (Phi) is 9.54. The number of carbonyl (C=O) groups is 1. The maximum atomic E-state index is 13.6. The average Bonchev–Trinajstić information content (AvgIpc) is 3.11. The van der Waals surface area contributed by atoms with Crippen molar-refractivity contribution in [3.63, 3.8) is 0 Å². The zero-order valence-corrected chi connectivity index (χ0v) is 27.3. The maximum absolute atomic E-state index is 13.6. The summed E-state index contributed by atoms with van der Waals surface area (Å²) < 4.78 is 50.8. The number of piperidine rings is 2. The van der Waals surface area contributed by atoms with Crippen LogP contribution in [0.5, 0.6) is 11.5 Å². The molecule has 252 valence electrons. The minimum Gasteiger partial charge on any atom is -0.497 e. The molecule has 0 spiro atoms. The lowest BCUT2D eigenvalue weighted by Gasteiger charge is -2.44. The number of aliphatic hydroxyl groups is 1. The van der Waals surface area contributed by atoms with Crippen LogP contribution >= 0.6 is 0 Å². The number of halogens is 3. The number of methoxy groups -OCH3 is 2. The van der Waals surface area contributed by atoms with E-state index in [1.807, 2.05) is 42.5 Å². The van der Waals surface area contributed by atoms with Crippen molar-refractivity contribution < 1.29 is 32.5 Å². The van der Waals surface area contributed by atoms with Gasteiger partial charge in [-0.3, -0.25) is 9.69 Å². The Morgan fingerprint density at radius 3 is 1.96 bits per heavy atom. The second-order valence-electron chi connectivity index (χ2n) is 13.0. The Bertz CT molecular complexity index is 1670. The van der Waals surface area contributed by atoms with E-state index in [-0.39, 0.29) is 42.8 Å². The molecule has 0 aromatic heterocycles. The van der Waals surface area contributed by atoms with E-state index in [2.05, 4.69) is 29.2 Å². The third-order valence-corrected chi connectivity index (χ3v) is 10.0. The van der Waals surface area contributed by atoms with Gasteiger partial charge in [0.2, 0.25) is 0 Å². The number of carbonyl (C=O) groups excluding carboxylic acids is 1. The standard InChI is InChI=1S/C39H41F3N2O4/c1-47-34-14-10-30(11-15-34)37(31-12-16-35(48-2)17-13-31)18-5-21-43(27-37)26-28-6-3-7-29(24-28)36(45)44-22-19-38(46,20-23-44)32-8-4-9-33(25-32)39(40,41)42/h3-4,6-17,24-25,46H,5,18-23,26-27H2,1-2H3. The minimum absolute atomic E-state index is 0.146. The topological polar surface area (TPSA) is 62.2 Å². The molecule has 0 aliphatic carbocycles. The molecule has 6 nitrogen and oxygen atoms in total. The number of likely N-dealkylation sites (tertiary alicyclic amines) is 2. The van der Waals surface area contributed by atoms with Crippen molar-refractivity contribution in [1.29, 1.82) is 0 Å². The normalized spacial score (nSPS) is 17.9. The van der Waals surface area contributed by atoms with Gasteiger partial charge in [-0.15, -0.1) is 0 Å². The van der Waals surface area contributed by atoms with Gasteiger partial charge in [-0.25, -0.2) is 0 Å². The van der Waals surface area contributed by atoms with Crippen molar-refractivity contribution in [2.75, 3.05) is 40.4 Å². The fraction of sp³-hybridized carbons (Fsp3) is 0.359. The molecule has 4 aromatic carbocycles. The van der Waals surface area contributed by atoms with E-state index in [9.17, 15) is 23.1 Å². The predicted octanol–water partition coefficient (Wildman–Crippen LogP) is 7.43. The van der Waals surface area contributed by atoms with Crippen LogP contribution in [0.4, 0.5) is 13.2 Å². The van der Waals surface area contributed by atoms with E-state index < -0.39 is 17.3 Å². The lowest BCUT2D eigenvalue weighted by Crippen LogP contribution is -2.46. The van der Waals surface area contributed by atoms with Gasteiger partial charge in [-0.1, -0.05) is 48.5 Å². The summed E-state index contributed by atoms with van der Waals surface area (Å²) in [6.07, 6.45) is -2.19. The zero-order chi connectivity index (χ0) is 33.9. The molecule has 1 amide bonds. The number of hydrogen-bond acceptors (Lipinski definition) is 5.